The minimum absolute atomic E-state index is 0.0614. The lowest BCUT2D eigenvalue weighted by Crippen LogP contribution is -2.35. The van der Waals surface area contributed by atoms with Gasteiger partial charge in [0.1, 0.15) is 11.8 Å². The summed E-state index contributed by atoms with van der Waals surface area (Å²) in [5, 5.41) is 22.2. The zero-order valence-electron chi connectivity index (χ0n) is 12.6. The first-order chi connectivity index (χ1) is 10.8. The number of methoxy groups -OCH3 is 1. The number of benzene rings is 2. The molecule has 2 rings (SSSR count). The van der Waals surface area contributed by atoms with E-state index >= 15 is 0 Å². The molecule has 0 aliphatic heterocycles. The summed E-state index contributed by atoms with van der Waals surface area (Å²) in [6.45, 7) is -0.0614. The highest BCUT2D eigenvalue weighted by atomic mass is 16.5. The number of hydrogen-bond donors (Lipinski definition) is 2. The molecule has 0 aliphatic carbocycles. The molecule has 22 heavy (non-hydrogen) atoms. The maximum atomic E-state index is 9.59. The van der Waals surface area contributed by atoms with Gasteiger partial charge in [0.05, 0.1) is 25.8 Å². The normalized spacial score (nSPS) is 13.1. The zero-order valence-corrected chi connectivity index (χ0v) is 12.6. The second kappa shape index (κ2) is 8.18. The van der Waals surface area contributed by atoms with E-state index in [1.165, 1.54) is 0 Å². The van der Waals surface area contributed by atoms with Crippen LogP contribution in [0.2, 0.25) is 0 Å². The number of nitriles is 1. The highest BCUT2D eigenvalue weighted by molar-refractivity contribution is 5.34. The maximum absolute atomic E-state index is 9.59. The van der Waals surface area contributed by atoms with Crippen LogP contribution in [0.4, 0.5) is 0 Å². The van der Waals surface area contributed by atoms with E-state index in [1.807, 2.05) is 54.6 Å². The molecule has 0 radical (unpaired) electrons. The molecular formula is C18H20N2O2. The summed E-state index contributed by atoms with van der Waals surface area (Å²) in [5.74, 6) is 0.768. The number of nitrogens with one attached hydrogen (secondary N) is 1. The van der Waals surface area contributed by atoms with Crippen LogP contribution in [0.3, 0.4) is 0 Å². The van der Waals surface area contributed by atoms with Crippen LogP contribution in [-0.2, 0) is 6.42 Å². The van der Waals surface area contributed by atoms with E-state index < -0.39 is 6.04 Å². The molecule has 0 bridgehead atoms. The van der Waals surface area contributed by atoms with Crippen molar-refractivity contribution in [2.45, 2.75) is 18.5 Å². The summed E-state index contributed by atoms with van der Waals surface area (Å²) in [4.78, 5) is 0. The molecule has 0 aliphatic rings. The highest BCUT2D eigenvalue weighted by Crippen LogP contribution is 2.20. The first-order valence-corrected chi connectivity index (χ1v) is 7.21. The van der Waals surface area contributed by atoms with Gasteiger partial charge in [0.15, 0.2) is 0 Å². The van der Waals surface area contributed by atoms with Gasteiger partial charge in [0.2, 0.25) is 0 Å². The molecule has 2 aromatic carbocycles. The third-order valence-electron chi connectivity index (χ3n) is 3.56. The van der Waals surface area contributed by atoms with Crippen molar-refractivity contribution in [3.63, 3.8) is 0 Å². The van der Waals surface area contributed by atoms with Crippen LogP contribution in [0.15, 0.2) is 54.6 Å². The van der Waals surface area contributed by atoms with Crippen LogP contribution >= 0.6 is 0 Å². The van der Waals surface area contributed by atoms with Crippen molar-refractivity contribution in [1.82, 2.24) is 5.32 Å². The minimum Gasteiger partial charge on any atom is -0.496 e. The predicted molar refractivity (Wildman–Crippen MR) is 85.5 cm³/mol. The Morgan fingerprint density at radius 3 is 2.45 bits per heavy atom. The van der Waals surface area contributed by atoms with Crippen molar-refractivity contribution in [1.29, 1.82) is 5.26 Å². The maximum Gasteiger partial charge on any atom is 0.122 e. The van der Waals surface area contributed by atoms with Gasteiger partial charge in [-0.1, -0.05) is 48.5 Å². The fourth-order valence-electron chi connectivity index (χ4n) is 2.42. The van der Waals surface area contributed by atoms with Gasteiger partial charge >= 0.3 is 0 Å². The molecule has 0 aromatic heterocycles. The predicted octanol–water partition coefficient (Wildman–Crippen LogP) is 2.45. The molecule has 0 fully saturated rings. The van der Waals surface area contributed by atoms with Crippen molar-refractivity contribution < 1.29 is 9.84 Å². The van der Waals surface area contributed by atoms with E-state index in [-0.39, 0.29) is 12.6 Å². The second-order valence-electron chi connectivity index (χ2n) is 5.01. The van der Waals surface area contributed by atoms with Gasteiger partial charge < -0.3 is 9.84 Å². The van der Waals surface area contributed by atoms with E-state index in [4.69, 9.17) is 4.74 Å². The average molecular weight is 296 g/mol. The Balaban J connectivity index is 2.10. The summed E-state index contributed by atoms with van der Waals surface area (Å²) in [6.07, 6.45) is 0.518. The van der Waals surface area contributed by atoms with E-state index in [2.05, 4.69) is 11.4 Å². The van der Waals surface area contributed by atoms with Crippen molar-refractivity contribution in [3.05, 3.63) is 65.7 Å². The molecular weight excluding hydrogens is 276 g/mol. The fraction of sp³-hybridized carbons (Fsp3) is 0.278. The van der Waals surface area contributed by atoms with Crippen molar-refractivity contribution in [2.75, 3.05) is 13.7 Å². The zero-order chi connectivity index (χ0) is 15.8. The summed E-state index contributed by atoms with van der Waals surface area (Å²) < 4.78 is 5.32. The molecule has 0 saturated carbocycles. The summed E-state index contributed by atoms with van der Waals surface area (Å²) in [7, 11) is 1.62. The number of ether oxygens (including phenoxy) is 1. The average Bonchev–Trinajstić information content (AvgIpc) is 2.59. The topological polar surface area (TPSA) is 65.3 Å². The largest absolute Gasteiger partial charge is 0.496 e. The van der Waals surface area contributed by atoms with Crippen LogP contribution in [0.1, 0.15) is 17.2 Å². The lowest BCUT2D eigenvalue weighted by molar-refractivity contribution is 0.239. The van der Waals surface area contributed by atoms with Crippen LogP contribution in [0.5, 0.6) is 5.75 Å². The quantitative estimate of drug-likeness (QED) is 0.823. The number of aliphatic hydroxyl groups is 1. The van der Waals surface area contributed by atoms with Crippen molar-refractivity contribution in [2.24, 2.45) is 0 Å². The van der Waals surface area contributed by atoms with E-state index in [0.717, 1.165) is 16.9 Å². The first kappa shape index (κ1) is 16.0. The van der Waals surface area contributed by atoms with Crippen LogP contribution in [-0.4, -0.2) is 24.9 Å². The highest BCUT2D eigenvalue weighted by Gasteiger charge is 2.17. The van der Waals surface area contributed by atoms with Crippen LogP contribution in [0, 0.1) is 11.3 Å². The third-order valence-corrected chi connectivity index (χ3v) is 3.56. The van der Waals surface area contributed by atoms with Crippen LogP contribution in [0.25, 0.3) is 0 Å². The molecule has 0 amide bonds. The van der Waals surface area contributed by atoms with Gasteiger partial charge in [-0.05, 0) is 17.2 Å². The van der Waals surface area contributed by atoms with Gasteiger partial charge in [-0.25, -0.2) is 0 Å². The van der Waals surface area contributed by atoms with Gasteiger partial charge in [0.25, 0.3) is 0 Å². The lowest BCUT2D eigenvalue weighted by Gasteiger charge is -2.21. The Labute approximate surface area is 131 Å². The lowest BCUT2D eigenvalue weighted by atomic mass is 10.0. The Kier molecular flexibility index (Phi) is 5.96. The molecule has 114 valence electrons. The van der Waals surface area contributed by atoms with E-state index in [0.29, 0.717) is 6.42 Å². The summed E-state index contributed by atoms with van der Waals surface area (Å²) >= 11 is 0. The monoisotopic (exact) mass is 296 g/mol. The summed E-state index contributed by atoms with van der Waals surface area (Å²) in [6, 6.07) is 18.9. The molecule has 2 N–H and O–H groups in total. The molecule has 2 atom stereocenters. The second-order valence-corrected chi connectivity index (χ2v) is 5.01. The van der Waals surface area contributed by atoms with Crippen LogP contribution < -0.4 is 10.1 Å². The van der Waals surface area contributed by atoms with E-state index in [1.54, 1.807) is 7.11 Å². The summed E-state index contributed by atoms with van der Waals surface area (Å²) in [5.41, 5.74) is 1.93. The first-order valence-electron chi connectivity index (χ1n) is 7.21. The standard InChI is InChI=1S/C18H20N2O2/c1-22-18-10-6-5-9-15(18)11-16(12-19)20-17(13-21)14-7-3-2-4-8-14/h2-10,16-17,20-21H,11,13H2,1H3/t16-,17-/m0/s1. The Bertz CT molecular complexity index is 622. The third kappa shape index (κ3) is 4.08. The van der Waals surface area contributed by atoms with Gasteiger partial charge in [-0.2, -0.15) is 5.26 Å². The fourth-order valence-corrected chi connectivity index (χ4v) is 2.42. The number of nitrogens with zero attached hydrogens (tertiary/aromatic N) is 1. The minimum atomic E-state index is -0.409. The Hall–Kier alpha value is -2.35. The van der Waals surface area contributed by atoms with Gasteiger partial charge in [-0.15, -0.1) is 0 Å². The number of rotatable bonds is 7. The van der Waals surface area contributed by atoms with Crippen molar-refractivity contribution in [3.8, 4) is 11.8 Å². The molecule has 0 heterocycles. The Morgan fingerprint density at radius 2 is 1.82 bits per heavy atom. The van der Waals surface area contributed by atoms with Gasteiger partial charge in [-0.3, -0.25) is 5.32 Å². The molecule has 4 heteroatoms. The molecule has 0 saturated heterocycles. The van der Waals surface area contributed by atoms with E-state index in [9.17, 15) is 10.4 Å². The molecule has 4 nitrogen and oxygen atoms in total. The molecule has 0 spiro atoms. The Morgan fingerprint density at radius 1 is 1.14 bits per heavy atom. The molecule has 0 unspecified atom stereocenters. The smallest absolute Gasteiger partial charge is 0.122 e. The SMILES string of the molecule is COc1ccccc1C[C@@H](C#N)N[C@@H](CO)c1ccccc1. The van der Waals surface area contributed by atoms with Crippen molar-refractivity contribution >= 4 is 0 Å². The number of hydrogen-bond acceptors (Lipinski definition) is 4. The van der Waals surface area contributed by atoms with Gasteiger partial charge in [0, 0.05) is 6.42 Å². The number of aliphatic hydroxyl groups excluding tert-OH is 1. The number of para-hydroxylation sites is 1. The molecule has 2 aromatic rings.